The number of benzene rings is 1. The maximum absolute atomic E-state index is 11.5. The number of carbonyl (C=O) groups excluding carboxylic acids is 1. The molecule has 1 atom stereocenters. The summed E-state index contributed by atoms with van der Waals surface area (Å²) in [5, 5.41) is 6.67. The van der Waals surface area contributed by atoms with Crippen molar-refractivity contribution in [3.63, 3.8) is 0 Å². The minimum atomic E-state index is -0.211. The van der Waals surface area contributed by atoms with Crippen molar-refractivity contribution in [1.29, 1.82) is 0 Å². The molecule has 6 heteroatoms. The van der Waals surface area contributed by atoms with E-state index in [1.807, 2.05) is 6.92 Å². The SMILES string of the molecule is CN=C(NCC(C)C(=O)OC)NC1CCN(Cc2ccccc2)CC1. The Kier molecular flexibility index (Phi) is 7.73. The first-order valence-electron chi connectivity index (χ1n) is 8.93. The molecule has 0 amide bonds. The van der Waals surface area contributed by atoms with E-state index in [2.05, 4.69) is 50.9 Å². The fraction of sp³-hybridized carbons (Fsp3) is 0.579. The molecule has 0 saturated carbocycles. The largest absolute Gasteiger partial charge is 0.469 e. The predicted octanol–water partition coefficient (Wildman–Crippen LogP) is 1.63. The van der Waals surface area contributed by atoms with Crippen molar-refractivity contribution in [2.75, 3.05) is 33.8 Å². The Labute approximate surface area is 150 Å². The van der Waals surface area contributed by atoms with Crippen LogP contribution in [0.1, 0.15) is 25.3 Å². The molecule has 1 unspecified atom stereocenters. The van der Waals surface area contributed by atoms with Gasteiger partial charge in [-0.2, -0.15) is 0 Å². The fourth-order valence-corrected chi connectivity index (χ4v) is 3.00. The number of piperidine rings is 1. The zero-order valence-electron chi connectivity index (χ0n) is 15.5. The molecular formula is C19H30N4O2. The lowest BCUT2D eigenvalue weighted by molar-refractivity contribution is -0.144. The molecule has 0 bridgehead atoms. The highest BCUT2D eigenvalue weighted by Crippen LogP contribution is 2.13. The van der Waals surface area contributed by atoms with Crippen molar-refractivity contribution >= 4 is 11.9 Å². The maximum atomic E-state index is 11.5. The summed E-state index contributed by atoms with van der Waals surface area (Å²) in [6.45, 7) is 5.51. The highest BCUT2D eigenvalue weighted by atomic mass is 16.5. The van der Waals surface area contributed by atoms with Gasteiger partial charge < -0.3 is 15.4 Å². The number of esters is 1. The van der Waals surface area contributed by atoms with Gasteiger partial charge in [-0.15, -0.1) is 0 Å². The van der Waals surface area contributed by atoms with Crippen LogP contribution in [0, 0.1) is 5.92 Å². The molecule has 1 fully saturated rings. The number of aliphatic imine (C=N–C) groups is 1. The highest BCUT2D eigenvalue weighted by Gasteiger charge is 2.20. The molecule has 2 rings (SSSR count). The molecule has 0 spiro atoms. The van der Waals surface area contributed by atoms with E-state index in [0.29, 0.717) is 12.6 Å². The summed E-state index contributed by atoms with van der Waals surface area (Å²) in [5.41, 5.74) is 1.36. The number of rotatable bonds is 6. The fourth-order valence-electron chi connectivity index (χ4n) is 3.00. The second kappa shape index (κ2) is 10.0. The van der Waals surface area contributed by atoms with E-state index in [4.69, 9.17) is 4.74 Å². The standard InChI is InChI=1S/C19H30N4O2/c1-15(18(24)25-3)13-21-19(20-2)22-17-9-11-23(12-10-17)14-16-7-5-4-6-8-16/h4-8,15,17H,9-14H2,1-3H3,(H2,20,21,22). The monoisotopic (exact) mass is 346 g/mol. The Morgan fingerprint density at radius 1 is 1.32 bits per heavy atom. The highest BCUT2D eigenvalue weighted by molar-refractivity contribution is 5.81. The second-order valence-corrected chi connectivity index (χ2v) is 6.56. The van der Waals surface area contributed by atoms with Gasteiger partial charge in [-0.1, -0.05) is 37.3 Å². The lowest BCUT2D eigenvalue weighted by Gasteiger charge is -2.33. The van der Waals surface area contributed by atoms with Gasteiger partial charge in [-0.05, 0) is 18.4 Å². The number of methoxy groups -OCH3 is 1. The molecule has 138 valence electrons. The van der Waals surface area contributed by atoms with Crippen molar-refractivity contribution in [2.45, 2.75) is 32.4 Å². The van der Waals surface area contributed by atoms with Gasteiger partial charge in [-0.25, -0.2) is 0 Å². The normalized spacial score (nSPS) is 17.8. The number of carbonyl (C=O) groups is 1. The van der Waals surface area contributed by atoms with Crippen LogP contribution in [-0.2, 0) is 16.1 Å². The molecule has 2 N–H and O–H groups in total. The van der Waals surface area contributed by atoms with Gasteiger partial charge in [0.05, 0.1) is 13.0 Å². The van der Waals surface area contributed by atoms with E-state index < -0.39 is 0 Å². The third-order valence-electron chi connectivity index (χ3n) is 4.58. The molecule has 1 aliphatic heterocycles. The summed E-state index contributed by atoms with van der Waals surface area (Å²) in [5.74, 6) is 0.339. The molecular weight excluding hydrogens is 316 g/mol. The molecule has 0 aromatic heterocycles. The molecule has 6 nitrogen and oxygen atoms in total. The van der Waals surface area contributed by atoms with Crippen LogP contribution in [0.3, 0.4) is 0 Å². The smallest absolute Gasteiger partial charge is 0.310 e. The van der Waals surface area contributed by atoms with E-state index in [0.717, 1.165) is 38.4 Å². The summed E-state index contributed by atoms with van der Waals surface area (Å²) >= 11 is 0. The van der Waals surface area contributed by atoms with Gasteiger partial charge in [0.1, 0.15) is 0 Å². The number of hydrogen-bond donors (Lipinski definition) is 2. The maximum Gasteiger partial charge on any atom is 0.310 e. The number of nitrogens with one attached hydrogen (secondary N) is 2. The third-order valence-corrected chi connectivity index (χ3v) is 4.58. The Morgan fingerprint density at radius 2 is 2.00 bits per heavy atom. The molecule has 0 radical (unpaired) electrons. The summed E-state index contributed by atoms with van der Waals surface area (Å²) in [4.78, 5) is 18.2. The Hall–Kier alpha value is -2.08. The average molecular weight is 346 g/mol. The van der Waals surface area contributed by atoms with Crippen LogP contribution < -0.4 is 10.6 Å². The van der Waals surface area contributed by atoms with E-state index >= 15 is 0 Å². The Bertz CT molecular complexity index is 554. The third kappa shape index (κ3) is 6.38. The first-order valence-corrected chi connectivity index (χ1v) is 8.93. The molecule has 1 heterocycles. The molecule has 25 heavy (non-hydrogen) atoms. The summed E-state index contributed by atoms with van der Waals surface area (Å²) in [6.07, 6.45) is 2.17. The van der Waals surface area contributed by atoms with Gasteiger partial charge in [0, 0.05) is 39.3 Å². The second-order valence-electron chi connectivity index (χ2n) is 6.56. The quantitative estimate of drug-likeness (QED) is 0.466. The van der Waals surface area contributed by atoms with Crippen molar-refractivity contribution in [3.8, 4) is 0 Å². The van der Waals surface area contributed by atoms with Crippen LogP contribution in [0.4, 0.5) is 0 Å². The van der Waals surface area contributed by atoms with Crippen molar-refractivity contribution in [1.82, 2.24) is 15.5 Å². The van der Waals surface area contributed by atoms with Crippen LogP contribution in [0.15, 0.2) is 35.3 Å². The number of ether oxygens (including phenoxy) is 1. The molecule has 0 aliphatic carbocycles. The lowest BCUT2D eigenvalue weighted by atomic mass is 10.0. The molecule has 1 aliphatic rings. The number of likely N-dealkylation sites (tertiary alicyclic amines) is 1. The van der Waals surface area contributed by atoms with Crippen LogP contribution in [0.5, 0.6) is 0 Å². The van der Waals surface area contributed by atoms with E-state index in [9.17, 15) is 4.79 Å². The minimum Gasteiger partial charge on any atom is -0.469 e. The van der Waals surface area contributed by atoms with Gasteiger partial charge in [-0.3, -0.25) is 14.7 Å². The summed E-state index contributed by atoms with van der Waals surface area (Å²) < 4.78 is 4.74. The topological polar surface area (TPSA) is 66.0 Å². The summed E-state index contributed by atoms with van der Waals surface area (Å²) in [6, 6.07) is 11.0. The van der Waals surface area contributed by atoms with E-state index in [1.54, 1.807) is 7.05 Å². The van der Waals surface area contributed by atoms with Crippen LogP contribution in [0.25, 0.3) is 0 Å². The van der Waals surface area contributed by atoms with Crippen LogP contribution in [-0.4, -0.2) is 56.7 Å². The predicted molar refractivity (Wildman–Crippen MR) is 100 cm³/mol. The number of guanidine groups is 1. The molecule has 1 aromatic rings. The lowest BCUT2D eigenvalue weighted by Crippen LogP contribution is -2.49. The van der Waals surface area contributed by atoms with Crippen molar-refractivity contribution < 1.29 is 9.53 Å². The first kappa shape index (κ1) is 19.2. The van der Waals surface area contributed by atoms with Gasteiger partial charge in [0.15, 0.2) is 5.96 Å². The Balaban J connectivity index is 1.72. The van der Waals surface area contributed by atoms with Crippen molar-refractivity contribution in [3.05, 3.63) is 35.9 Å². The zero-order chi connectivity index (χ0) is 18.1. The molecule has 1 aromatic carbocycles. The first-order chi connectivity index (χ1) is 12.1. The van der Waals surface area contributed by atoms with E-state index in [-0.39, 0.29) is 11.9 Å². The van der Waals surface area contributed by atoms with Crippen LogP contribution >= 0.6 is 0 Å². The number of nitrogens with zero attached hydrogens (tertiary/aromatic N) is 2. The van der Waals surface area contributed by atoms with Crippen LogP contribution in [0.2, 0.25) is 0 Å². The van der Waals surface area contributed by atoms with Crippen molar-refractivity contribution in [2.24, 2.45) is 10.9 Å². The minimum absolute atomic E-state index is 0.198. The van der Waals surface area contributed by atoms with Gasteiger partial charge in [0.2, 0.25) is 0 Å². The van der Waals surface area contributed by atoms with Gasteiger partial charge >= 0.3 is 5.97 Å². The Morgan fingerprint density at radius 3 is 2.60 bits per heavy atom. The number of hydrogen-bond acceptors (Lipinski definition) is 4. The van der Waals surface area contributed by atoms with Gasteiger partial charge in [0.25, 0.3) is 0 Å². The summed E-state index contributed by atoms with van der Waals surface area (Å²) in [7, 11) is 3.16. The zero-order valence-corrected chi connectivity index (χ0v) is 15.5. The molecule has 1 saturated heterocycles. The average Bonchev–Trinajstić information content (AvgIpc) is 2.66. The van der Waals surface area contributed by atoms with E-state index in [1.165, 1.54) is 12.7 Å².